The summed E-state index contributed by atoms with van der Waals surface area (Å²) in [5.41, 5.74) is 4.85. The molecule has 10 heteroatoms. The van der Waals surface area contributed by atoms with Crippen molar-refractivity contribution in [1.29, 1.82) is 0 Å². The second-order valence-electron chi connectivity index (χ2n) is 7.90. The van der Waals surface area contributed by atoms with Gasteiger partial charge >= 0.3 is 6.03 Å². The van der Waals surface area contributed by atoms with Gasteiger partial charge in [0.15, 0.2) is 0 Å². The van der Waals surface area contributed by atoms with Gasteiger partial charge in [0.05, 0.1) is 17.5 Å². The van der Waals surface area contributed by atoms with Crippen molar-refractivity contribution in [3.8, 4) is 0 Å². The van der Waals surface area contributed by atoms with E-state index in [0.29, 0.717) is 18.3 Å². The number of para-hydroxylation sites is 1. The minimum absolute atomic E-state index is 0.166. The Labute approximate surface area is 185 Å². The predicted molar refractivity (Wildman–Crippen MR) is 123 cm³/mol. The fraction of sp³-hybridized carbons (Fsp3) is 0.364. The summed E-state index contributed by atoms with van der Waals surface area (Å²) in [6.07, 6.45) is 4.39. The number of aryl methyl sites for hydroxylation is 1. The summed E-state index contributed by atoms with van der Waals surface area (Å²) in [4.78, 5) is 34.6. The molecule has 0 spiro atoms. The van der Waals surface area contributed by atoms with Crippen molar-refractivity contribution in [3.63, 3.8) is 0 Å². The number of carbonyl (C=O) groups is 2. The first-order valence-corrected chi connectivity index (χ1v) is 10.6. The van der Waals surface area contributed by atoms with Gasteiger partial charge in [0.25, 0.3) is 6.47 Å². The first-order valence-electron chi connectivity index (χ1n) is 10.6. The molecule has 0 unspecified atom stereocenters. The summed E-state index contributed by atoms with van der Waals surface area (Å²) in [6, 6.07) is 8.17. The van der Waals surface area contributed by atoms with Crippen molar-refractivity contribution in [2.45, 2.75) is 19.4 Å². The highest BCUT2D eigenvalue weighted by Gasteiger charge is 2.30. The van der Waals surface area contributed by atoms with E-state index < -0.39 is 0 Å². The van der Waals surface area contributed by atoms with Crippen molar-refractivity contribution in [2.75, 3.05) is 41.3 Å². The molecule has 0 aliphatic carbocycles. The molecule has 3 aromatic rings. The van der Waals surface area contributed by atoms with Crippen LogP contribution in [0.25, 0.3) is 11.0 Å². The standard InChI is InChI=1S/C21H25N7O.CH2O2/c1-14-12-27(11-9-22-14)17-6-8-23-20-15(17)7-10-28(20)21(29)25-16-4-3-5-18-19(16)24-13-26(18)2;2-1-3/h3-6,8,13-14,22H,7,9-12H2,1-2H3,(H,25,29);1H,(H,2,3)/t14-;/m0./s1. The number of benzene rings is 1. The topological polar surface area (TPSA) is 116 Å². The number of hydrogen-bond acceptors (Lipinski definition) is 6. The van der Waals surface area contributed by atoms with Gasteiger partial charge in [0.2, 0.25) is 0 Å². The normalized spacial score (nSPS) is 17.5. The third-order valence-corrected chi connectivity index (χ3v) is 5.80. The van der Waals surface area contributed by atoms with Crippen molar-refractivity contribution in [1.82, 2.24) is 19.9 Å². The molecule has 2 aromatic heterocycles. The number of urea groups is 1. The van der Waals surface area contributed by atoms with Gasteiger partial charge in [-0.3, -0.25) is 9.69 Å². The average molecular weight is 438 g/mol. The molecular formula is C22H27N7O3. The molecule has 1 saturated heterocycles. The first kappa shape index (κ1) is 21.6. The van der Waals surface area contributed by atoms with Gasteiger partial charge in [-0.1, -0.05) is 6.07 Å². The van der Waals surface area contributed by atoms with Gasteiger partial charge in [0, 0.05) is 56.7 Å². The fourth-order valence-corrected chi connectivity index (χ4v) is 4.36. The molecule has 0 bridgehead atoms. The highest BCUT2D eigenvalue weighted by atomic mass is 16.3. The molecule has 0 saturated carbocycles. The van der Waals surface area contributed by atoms with Crippen LogP contribution in [0, 0.1) is 0 Å². The fourth-order valence-electron chi connectivity index (χ4n) is 4.36. The second-order valence-corrected chi connectivity index (χ2v) is 7.90. The van der Waals surface area contributed by atoms with Crippen LogP contribution in [0.5, 0.6) is 0 Å². The zero-order valence-corrected chi connectivity index (χ0v) is 18.2. The highest BCUT2D eigenvalue weighted by Crippen LogP contribution is 2.34. The maximum Gasteiger partial charge on any atom is 0.327 e. The Kier molecular flexibility index (Phi) is 6.22. The number of nitrogens with zero attached hydrogens (tertiary/aromatic N) is 5. The number of nitrogens with one attached hydrogen (secondary N) is 2. The molecular weight excluding hydrogens is 410 g/mol. The van der Waals surface area contributed by atoms with E-state index in [1.807, 2.05) is 36.0 Å². The number of amides is 2. The Morgan fingerprint density at radius 3 is 2.88 bits per heavy atom. The van der Waals surface area contributed by atoms with E-state index in [1.165, 1.54) is 5.69 Å². The number of carboxylic acid groups (broad SMARTS) is 1. The molecule has 1 fully saturated rings. The summed E-state index contributed by atoms with van der Waals surface area (Å²) >= 11 is 0. The summed E-state index contributed by atoms with van der Waals surface area (Å²) < 4.78 is 1.94. The number of aromatic nitrogens is 3. The molecule has 10 nitrogen and oxygen atoms in total. The predicted octanol–water partition coefficient (Wildman–Crippen LogP) is 2.06. The molecule has 168 valence electrons. The lowest BCUT2D eigenvalue weighted by atomic mass is 10.1. The van der Waals surface area contributed by atoms with E-state index >= 15 is 0 Å². The zero-order chi connectivity index (χ0) is 22.7. The van der Waals surface area contributed by atoms with E-state index in [2.05, 4.69) is 38.5 Å². The van der Waals surface area contributed by atoms with Crippen molar-refractivity contribution in [3.05, 3.63) is 42.4 Å². The first-order chi connectivity index (χ1) is 15.5. The number of anilines is 3. The van der Waals surface area contributed by atoms with Crippen LogP contribution in [-0.4, -0.2) is 64.4 Å². The zero-order valence-electron chi connectivity index (χ0n) is 18.2. The molecule has 2 aliphatic heterocycles. The van der Waals surface area contributed by atoms with Crippen molar-refractivity contribution < 1.29 is 14.7 Å². The largest absolute Gasteiger partial charge is 0.483 e. The highest BCUT2D eigenvalue weighted by molar-refractivity contribution is 6.06. The third kappa shape index (κ3) is 4.09. The average Bonchev–Trinajstić information content (AvgIpc) is 3.39. The van der Waals surface area contributed by atoms with Gasteiger partial charge in [0.1, 0.15) is 11.3 Å². The molecule has 0 radical (unpaired) electrons. The van der Waals surface area contributed by atoms with E-state index in [4.69, 9.17) is 9.90 Å². The number of rotatable bonds is 2. The summed E-state index contributed by atoms with van der Waals surface area (Å²) in [5.74, 6) is 0.763. The molecule has 1 aromatic carbocycles. The molecule has 32 heavy (non-hydrogen) atoms. The van der Waals surface area contributed by atoms with Gasteiger partial charge in [-0.05, 0) is 31.5 Å². The van der Waals surface area contributed by atoms with Crippen LogP contribution in [0.15, 0.2) is 36.8 Å². The molecule has 5 rings (SSSR count). The Hall–Kier alpha value is -3.66. The Balaban J connectivity index is 0.000000775. The number of piperazine rings is 1. The number of carbonyl (C=O) groups excluding carboxylic acids is 1. The van der Waals surface area contributed by atoms with Crippen LogP contribution < -0.4 is 20.4 Å². The maximum absolute atomic E-state index is 13.1. The van der Waals surface area contributed by atoms with Gasteiger partial charge in [-0.15, -0.1) is 0 Å². The lowest BCUT2D eigenvalue weighted by Gasteiger charge is -2.34. The van der Waals surface area contributed by atoms with Crippen LogP contribution in [0.1, 0.15) is 12.5 Å². The van der Waals surface area contributed by atoms with E-state index in [-0.39, 0.29) is 12.5 Å². The monoisotopic (exact) mass is 437 g/mol. The van der Waals surface area contributed by atoms with Crippen LogP contribution >= 0.6 is 0 Å². The molecule has 2 aliphatic rings. The molecule has 2 amide bonds. The Bertz CT molecular complexity index is 1130. The molecule has 3 N–H and O–H groups in total. The summed E-state index contributed by atoms with van der Waals surface area (Å²) in [7, 11) is 1.94. The van der Waals surface area contributed by atoms with E-state index in [1.54, 1.807) is 11.2 Å². The van der Waals surface area contributed by atoms with Gasteiger partial charge in [-0.25, -0.2) is 14.8 Å². The van der Waals surface area contributed by atoms with Crippen molar-refractivity contribution in [2.24, 2.45) is 7.05 Å². The van der Waals surface area contributed by atoms with Crippen LogP contribution in [-0.2, 0) is 18.3 Å². The van der Waals surface area contributed by atoms with Crippen molar-refractivity contribution >= 4 is 40.7 Å². The minimum Gasteiger partial charge on any atom is -0.483 e. The van der Waals surface area contributed by atoms with E-state index in [9.17, 15) is 4.79 Å². The lowest BCUT2D eigenvalue weighted by molar-refractivity contribution is -0.122. The minimum atomic E-state index is -0.250. The lowest BCUT2D eigenvalue weighted by Crippen LogP contribution is -2.49. The Morgan fingerprint density at radius 2 is 2.09 bits per heavy atom. The number of fused-ring (bicyclic) bond motifs is 2. The van der Waals surface area contributed by atoms with Crippen LogP contribution in [0.2, 0.25) is 0 Å². The number of imidazole rings is 1. The van der Waals surface area contributed by atoms with Crippen LogP contribution in [0.4, 0.5) is 22.0 Å². The maximum atomic E-state index is 13.1. The van der Waals surface area contributed by atoms with Gasteiger partial charge < -0.3 is 25.2 Å². The third-order valence-electron chi connectivity index (χ3n) is 5.80. The smallest absolute Gasteiger partial charge is 0.327 e. The quantitative estimate of drug-likeness (QED) is 0.526. The van der Waals surface area contributed by atoms with Crippen LogP contribution in [0.3, 0.4) is 0 Å². The Morgan fingerprint density at radius 1 is 1.28 bits per heavy atom. The van der Waals surface area contributed by atoms with E-state index in [0.717, 1.165) is 48.5 Å². The SMILES string of the molecule is C[C@H]1CN(c2ccnc3c2CCN3C(=O)Nc2cccc3c2ncn3C)CCN1.O=CO. The summed E-state index contributed by atoms with van der Waals surface area (Å²) in [6.45, 7) is 5.48. The summed E-state index contributed by atoms with van der Waals surface area (Å²) in [5, 5.41) is 13.4. The number of hydrogen-bond donors (Lipinski definition) is 3. The number of pyridine rings is 1. The van der Waals surface area contributed by atoms with Gasteiger partial charge in [-0.2, -0.15) is 0 Å². The molecule has 4 heterocycles. The second kappa shape index (κ2) is 9.23. The molecule has 1 atom stereocenters.